The zero-order valence-electron chi connectivity index (χ0n) is 11.1. The Hall–Kier alpha value is -1.60. The molecule has 1 saturated carbocycles. The second kappa shape index (κ2) is 4.82. The fraction of sp³-hybridized carbons (Fsp3) is 0.533. The zero-order valence-corrected chi connectivity index (χ0v) is 11.1. The van der Waals surface area contributed by atoms with Crippen molar-refractivity contribution in [3.8, 4) is 6.07 Å². The van der Waals surface area contributed by atoms with Crippen molar-refractivity contribution in [3.63, 3.8) is 0 Å². The van der Waals surface area contributed by atoms with Crippen molar-refractivity contribution >= 4 is 5.69 Å². The molecule has 0 amide bonds. The number of hydrogen-bond donors (Lipinski definition) is 1. The molecule has 1 aliphatic carbocycles. The average molecular weight is 259 g/mol. The van der Waals surface area contributed by atoms with Gasteiger partial charge in [-0.05, 0) is 38.3 Å². The van der Waals surface area contributed by atoms with Crippen molar-refractivity contribution < 1.29 is 4.39 Å². The fourth-order valence-corrected chi connectivity index (χ4v) is 2.79. The van der Waals surface area contributed by atoms with Crippen LogP contribution in [0.1, 0.15) is 30.4 Å². The molecule has 0 bridgehead atoms. The van der Waals surface area contributed by atoms with E-state index < -0.39 is 0 Å². The van der Waals surface area contributed by atoms with E-state index in [9.17, 15) is 4.39 Å². The Bertz CT molecular complexity index is 531. The number of likely N-dealkylation sites (tertiary alicyclic amines) is 1. The molecule has 19 heavy (non-hydrogen) atoms. The molecular weight excluding hydrogens is 241 g/mol. The van der Waals surface area contributed by atoms with Gasteiger partial charge in [0.05, 0.1) is 11.6 Å². The maximum absolute atomic E-state index is 13.7. The Balaban J connectivity index is 1.72. The van der Waals surface area contributed by atoms with Crippen molar-refractivity contribution in [1.82, 2.24) is 4.90 Å². The Morgan fingerprint density at radius 3 is 2.84 bits per heavy atom. The molecule has 1 unspecified atom stereocenters. The average Bonchev–Trinajstić information content (AvgIpc) is 3.15. The normalized spacial score (nSPS) is 23.3. The van der Waals surface area contributed by atoms with E-state index in [2.05, 4.69) is 10.2 Å². The molecule has 1 aromatic rings. The van der Waals surface area contributed by atoms with E-state index in [-0.39, 0.29) is 5.82 Å². The Kier molecular flexibility index (Phi) is 3.16. The summed E-state index contributed by atoms with van der Waals surface area (Å²) in [4.78, 5) is 2.51. The third-order valence-corrected chi connectivity index (χ3v) is 4.12. The molecule has 0 aromatic heterocycles. The molecule has 1 heterocycles. The minimum atomic E-state index is -0.307. The number of hydrogen-bond acceptors (Lipinski definition) is 3. The van der Waals surface area contributed by atoms with E-state index in [1.54, 1.807) is 13.0 Å². The molecule has 1 N–H and O–H groups in total. The van der Waals surface area contributed by atoms with Gasteiger partial charge in [-0.3, -0.25) is 4.90 Å². The highest BCUT2D eigenvalue weighted by molar-refractivity contribution is 5.56. The lowest BCUT2D eigenvalue weighted by Gasteiger charge is -2.18. The third-order valence-electron chi connectivity index (χ3n) is 4.12. The zero-order chi connectivity index (χ0) is 13.4. The second-order valence-electron chi connectivity index (χ2n) is 5.60. The van der Waals surface area contributed by atoms with E-state index in [1.165, 1.54) is 18.9 Å². The summed E-state index contributed by atoms with van der Waals surface area (Å²) < 4.78 is 13.7. The van der Waals surface area contributed by atoms with Gasteiger partial charge >= 0.3 is 0 Å². The van der Waals surface area contributed by atoms with E-state index in [1.807, 2.05) is 6.07 Å². The van der Waals surface area contributed by atoms with Crippen LogP contribution in [-0.4, -0.2) is 30.1 Å². The van der Waals surface area contributed by atoms with Crippen molar-refractivity contribution in [2.24, 2.45) is 0 Å². The van der Waals surface area contributed by atoms with Crippen LogP contribution in [0.4, 0.5) is 10.1 Å². The van der Waals surface area contributed by atoms with Gasteiger partial charge in [0, 0.05) is 36.4 Å². The summed E-state index contributed by atoms with van der Waals surface area (Å²) in [6.45, 7) is 3.91. The topological polar surface area (TPSA) is 39.1 Å². The van der Waals surface area contributed by atoms with E-state index in [0.717, 1.165) is 31.2 Å². The van der Waals surface area contributed by atoms with E-state index >= 15 is 0 Å². The third kappa shape index (κ3) is 2.57. The standard InChI is InChI=1S/C15H18FN3/c1-10-14(16)6-11(8-17)7-15(10)18-12-4-5-19(9-12)13-2-3-13/h6-7,12-13,18H,2-5,9H2,1H3. The van der Waals surface area contributed by atoms with Crippen LogP contribution in [0.2, 0.25) is 0 Å². The molecule has 1 aromatic carbocycles. The number of anilines is 1. The molecule has 1 saturated heterocycles. The molecule has 100 valence electrons. The van der Waals surface area contributed by atoms with Crippen LogP contribution in [0.3, 0.4) is 0 Å². The van der Waals surface area contributed by atoms with Crippen molar-refractivity contribution in [2.75, 3.05) is 18.4 Å². The van der Waals surface area contributed by atoms with Crippen LogP contribution in [0, 0.1) is 24.1 Å². The van der Waals surface area contributed by atoms with Gasteiger partial charge in [-0.25, -0.2) is 4.39 Å². The summed E-state index contributed by atoms with van der Waals surface area (Å²) in [5.74, 6) is -0.307. The number of nitrogens with zero attached hydrogens (tertiary/aromatic N) is 2. The quantitative estimate of drug-likeness (QED) is 0.907. The first kappa shape index (κ1) is 12.4. The molecular formula is C15H18FN3. The van der Waals surface area contributed by atoms with Crippen LogP contribution in [0.25, 0.3) is 0 Å². The first-order chi connectivity index (χ1) is 9.17. The highest BCUT2D eigenvalue weighted by atomic mass is 19.1. The Morgan fingerprint density at radius 1 is 1.37 bits per heavy atom. The maximum atomic E-state index is 13.7. The monoisotopic (exact) mass is 259 g/mol. The lowest BCUT2D eigenvalue weighted by molar-refractivity contribution is 0.326. The van der Waals surface area contributed by atoms with Gasteiger partial charge in [-0.1, -0.05) is 0 Å². The lowest BCUT2D eigenvalue weighted by Crippen LogP contribution is -2.28. The predicted molar refractivity (Wildman–Crippen MR) is 72.5 cm³/mol. The molecule has 2 fully saturated rings. The van der Waals surface area contributed by atoms with Gasteiger partial charge < -0.3 is 5.32 Å². The number of nitrogens with one attached hydrogen (secondary N) is 1. The van der Waals surface area contributed by atoms with Gasteiger partial charge in [0.1, 0.15) is 5.82 Å². The van der Waals surface area contributed by atoms with Gasteiger partial charge in [-0.2, -0.15) is 5.26 Å². The Morgan fingerprint density at radius 2 is 2.16 bits per heavy atom. The molecule has 2 aliphatic rings. The number of benzene rings is 1. The fourth-order valence-electron chi connectivity index (χ4n) is 2.79. The van der Waals surface area contributed by atoms with Crippen LogP contribution >= 0.6 is 0 Å². The minimum Gasteiger partial charge on any atom is -0.381 e. The molecule has 1 atom stereocenters. The smallest absolute Gasteiger partial charge is 0.129 e. The van der Waals surface area contributed by atoms with E-state index in [0.29, 0.717) is 17.2 Å². The molecule has 1 aliphatic heterocycles. The molecule has 0 spiro atoms. The minimum absolute atomic E-state index is 0.307. The van der Waals surface area contributed by atoms with Crippen molar-refractivity contribution in [3.05, 3.63) is 29.1 Å². The number of nitriles is 1. The summed E-state index contributed by atoms with van der Waals surface area (Å²) in [7, 11) is 0. The lowest BCUT2D eigenvalue weighted by atomic mass is 10.1. The summed E-state index contributed by atoms with van der Waals surface area (Å²) in [5.41, 5.74) is 1.74. The summed E-state index contributed by atoms with van der Waals surface area (Å²) in [6, 6.07) is 6.21. The highest BCUT2D eigenvalue weighted by Crippen LogP contribution is 2.31. The summed E-state index contributed by atoms with van der Waals surface area (Å²) in [5, 5.41) is 12.3. The van der Waals surface area contributed by atoms with Crippen LogP contribution in [0.5, 0.6) is 0 Å². The summed E-state index contributed by atoms with van der Waals surface area (Å²) >= 11 is 0. The second-order valence-corrected chi connectivity index (χ2v) is 5.60. The molecule has 3 rings (SSSR count). The van der Waals surface area contributed by atoms with E-state index in [4.69, 9.17) is 5.26 Å². The molecule has 3 nitrogen and oxygen atoms in total. The van der Waals surface area contributed by atoms with Crippen LogP contribution < -0.4 is 5.32 Å². The number of halogens is 1. The van der Waals surface area contributed by atoms with Crippen molar-refractivity contribution in [2.45, 2.75) is 38.3 Å². The van der Waals surface area contributed by atoms with Crippen LogP contribution in [-0.2, 0) is 0 Å². The number of rotatable bonds is 3. The van der Waals surface area contributed by atoms with Gasteiger partial charge in [0.15, 0.2) is 0 Å². The summed E-state index contributed by atoms with van der Waals surface area (Å²) in [6.07, 6.45) is 3.74. The Labute approximate surface area is 113 Å². The predicted octanol–water partition coefficient (Wildman–Crippen LogP) is 2.65. The van der Waals surface area contributed by atoms with Gasteiger partial charge in [0.2, 0.25) is 0 Å². The first-order valence-electron chi connectivity index (χ1n) is 6.88. The highest BCUT2D eigenvalue weighted by Gasteiger charge is 2.34. The SMILES string of the molecule is Cc1c(F)cc(C#N)cc1NC1CCN(C2CC2)C1. The largest absolute Gasteiger partial charge is 0.381 e. The van der Waals surface area contributed by atoms with Crippen LogP contribution in [0.15, 0.2) is 12.1 Å². The first-order valence-corrected chi connectivity index (χ1v) is 6.88. The van der Waals surface area contributed by atoms with Gasteiger partial charge in [-0.15, -0.1) is 0 Å². The molecule has 0 radical (unpaired) electrons. The maximum Gasteiger partial charge on any atom is 0.129 e. The van der Waals surface area contributed by atoms with Crippen molar-refractivity contribution in [1.29, 1.82) is 5.26 Å². The molecule has 4 heteroatoms. The van der Waals surface area contributed by atoms with Gasteiger partial charge in [0.25, 0.3) is 0 Å².